The standard InChI is InChI=1S/C60H104N3S3/c1-4-7-10-13-16-19-22-25-28-31-34-37-46-61-49-40-57(41-50-61)64-55-60(66-59-44-53-63(54-45-59)48-39-36-33-30-27-24-21-18-15-12-9-6-3)56-65-58-42-51-62(52-43-58)47-38-35-32-29-26-23-20-17-14-11-8-5-2/h40-45,49-54,60H,4-39,46-48,55-56H2,1-3H3/q+3. The van der Waals surface area contributed by atoms with Crippen LogP contribution < -0.4 is 13.7 Å². The van der Waals surface area contributed by atoms with E-state index in [1.165, 1.54) is 246 Å². The molecular weight excluding hydrogens is 859 g/mol. The second-order valence-electron chi connectivity index (χ2n) is 19.8. The summed E-state index contributed by atoms with van der Waals surface area (Å²) < 4.78 is 7.21. The second-order valence-corrected chi connectivity index (χ2v) is 23.4. The number of rotatable bonds is 47. The van der Waals surface area contributed by atoms with Gasteiger partial charge in [0.1, 0.15) is 19.6 Å². The Kier molecular flexibility index (Phi) is 38.8. The van der Waals surface area contributed by atoms with Crippen molar-refractivity contribution >= 4 is 35.3 Å². The summed E-state index contributed by atoms with van der Waals surface area (Å²) in [5, 5.41) is 0.522. The van der Waals surface area contributed by atoms with Gasteiger partial charge in [0.2, 0.25) is 0 Å². The first kappa shape index (κ1) is 58.8. The van der Waals surface area contributed by atoms with Crippen molar-refractivity contribution in [3.8, 4) is 0 Å². The number of hydrogen-bond acceptors (Lipinski definition) is 3. The summed E-state index contributed by atoms with van der Waals surface area (Å²) in [6.07, 6.45) is 64.6. The van der Waals surface area contributed by atoms with Crippen LogP contribution in [0.1, 0.15) is 252 Å². The number of aromatic nitrogens is 3. The Morgan fingerprint density at radius 1 is 0.288 bits per heavy atom. The third-order valence-corrected chi connectivity index (χ3v) is 17.5. The summed E-state index contributed by atoms with van der Waals surface area (Å²) in [5.41, 5.74) is 0. The van der Waals surface area contributed by atoms with Crippen LogP contribution in [0.2, 0.25) is 0 Å². The van der Waals surface area contributed by atoms with Crippen LogP contribution in [0.4, 0.5) is 0 Å². The molecule has 0 spiro atoms. The van der Waals surface area contributed by atoms with Gasteiger partial charge in [-0.1, -0.05) is 213 Å². The summed E-state index contributed by atoms with van der Waals surface area (Å²) >= 11 is 6.14. The van der Waals surface area contributed by atoms with Gasteiger partial charge in [0.05, 0.1) is 0 Å². The van der Waals surface area contributed by atoms with Crippen LogP contribution in [0.25, 0.3) is 0 Å². The molecule has 3 aromatic heterocycles. The molecule has 0 fully saturated rings. The molecule has 0 N–H and O–H groups in total. The Morgan fingerprint density at radius 2 is 0.500 bits per heavy atom. The van der Waals surface area contributed by atoms with Crippen molar-refractivity contribution in [3.63, 3.8) is 0 Å². The van der Waals surface area contributed by atoms with Gasteiger partial charge in [-0.15, -0.1) is 35.3 Å². The average Bonchev–Trinajstić information content (AvgIpc) is 3.34. The van der Waals surface area contributed by atoms with Gasteiger partial charge in [-0.2, -0.15) is 0 Å². The Morgan fingerprint density at radius 3 is 0.742 bits per heavy atom. The minimum Gasteiger partial charge on any atom is -0.205 e. The minimum absolute atomic E-state index is 0.522. The van der Waals surface area contributed by atoms with Gasteiger partial charge in [0.25, 0.3) is 0 Å². The fourth-order valence-corrected chi connectivity index (χ4v) is 12.5. The maximum atomic E-state index is 2.41. The quantitative estimate of drug-likeness (QED) is 0.0318. The zero-order chi connectivity index (χ0) is 46.6. The monoisotopic (exact) mass is 963 g/mol. The van der Waals surface area contributed by atoms with Crippen LogP contribution in [0.5, 0.6) is 0 Å². The summed E-state index contributed by atoms with van der Waals surface area (Å²) in [6.45, 7) is 10.3. The SMILES string of the molecule is CCCCCCCCCCCCCC[n+]1ccc(SCC(CSc2cc[n+](CCCCCCCCCCCCCC)cc2)Sc2cc[n+](CCCCCCCCCCCCCC)cc2)cc1. The first-order valence-corrected chi connectivity index (χ1v) is 31.4. The zero-order valence-electron chi connectivity index (χ0n) is 43.6. The van der Waals surface area contributed by atoms with Crippen molar-refractivity contribution in [1.82, 2.24) is 0 Å². The van der Waals surface area contributed by atoms with E-state index in [1.54, 1.807) is 0 Å². The van der Waals surface area contributed by atoms with E-state index < -0.39 is 0 Å². The lowest BCUT2D eigenvalue weighted by molar-refractivity contribution is -0.697. The van der Waals surface area contributed by atoms with Gasteiger partial charge < -0.3 is 0 Å². The number of hydrogen-bond donors (Lipinski definition) is 0. The van der Waals surface area contributed by atoms with Crippen molar-refractivity contribution in [1.29, 1.82) is 0 Å². The Bertz CT molecular complexity index is 1390. The molecule has 0 aliphatic heterocycles. The molecule has 0 saturated heterocycles. The van der Waals surface area contributed by atoms with Gasteiger partial charge in [-0.05, 0) is 19.3 Å². The molecule has 6 heteroatoms. The van der Waals surface area contributed by atoms with Crippen molar-refractivity contribution in [2.24, 2.45) is 0 Å². The topological polar surface area (TPSA) is 11.6 Å². The molecular formula is C60H104N3S3+3. The van der Waals surface area contributed by atoms with Gasteiger partial charge >= 0.3 is 0 Å². The summed E-state index contributed by atoms with van der Waals surface area (Å²) in [7, 11) is 0. The second kappa shape index (κ2) is 43.5. The normalized spacial score (nSPS) is 11.6. The first-order chi connectivity index (χ1) is 32.7. The predicted molar refractivity (Wildman–Crippen MR) is 294 cm³/mol. The highest BCUT2D eigenvalue weighted by Gasteiger charge is 2.15. The Balaban J connectivity index is 1.39. The van der Waals surface area contributed by atoms with E-state index in [9.17, 15) is 0 Å². The maximum absolute atomic E-state index is 2.41. The minimum atomic E-state index is 0.522. The smallest absolute Gasteiger partial charge is 0.169 e. The van der Waals surface area contributed by atoms with Crippen LogP contribution in [0.3, 0.4) is 0 Å². The molecule has 0 amide bonds. The number of nitrogens with zero attached hydrogens (tertiary/aromatic N) is 3. The molecule has 0 atom stereocenters. The number of aryl methyl sites for hydroxylation is 3. The van der Waals surface area contributed by atoms with Gasteiger partial charge in [0, 0.05) is 87.1 Å². The molecule has 0 aliphatic rings. The highest BCUT2D eigenvalue weighted by molar-refractivity contribution is 8.05. The maximum Gasteiger partial charge on any atom is 0.169 e. The molecule has 0 bridgehead atoms. The fraction of sp³-hybridized carbons (Fsp3) is 0.750. The Labute approximate surface area is 423 Å². The Hall–Kier alpha value is -1.50. The third-order valence-electron chi connectivity index (χ3n) is 13.6. The van der Waals surface area contributed by atoms with Gasteiger partial charge in [-0.25, -0.2) is 13.7 Å². The molecule has 66 heavy (non-hydrogen) atoms. The fourth-order valence-electron chi connectivity index (χ4n) is 9.14. The molecule has 3 aromatic rings. The number of thioether (sulfide) groups is 3. The molecule has 0 saturated carbocycles. The highest BCUT2D eigenvalue weighted by Crippen LogP contribution is 2.32. The third kappa shape index (κ3) is 33.1. The van der Waals surface area contributed by atoms with Crippen molar-refractivity contribution < 1.29 is 13.7 Å². The van der Waals surface area contributed by atoms with Crippen LogP contribution in [0, 0.1) is 0 Å². The summed E-state index contributed by atoms with van der Waals surface area (Å²) in [6, 6.07) is 14.2. The number of pyridine rings is 3. The van der Waals surface area contributed by atoms with Crippen LogP contribution >= 0.6 is 35.3 Å². The molecule has 0 aliphatic carbocycles. The molecule has 3 rings (SSSR count). The number of unbranched alkanes of at least 4 members (excludes halogenated alkanes) is 33. The molecule has 0 unspecified atom stereocenters. The van der Waals surface area contributed by atoms with Gasteiger partial charge in [-0.3, -0.25) is 0 Å². The van der Waals surface area contributed by atoms with E-state index in [0.717, 1.165) is 31.1 Å². The predicted octanol–water partition coefficient (Wildman–Crippen LogP) is 18.7. The van der Waals surface area contributed by atoms with E-state index in [4.69, 9.17) is 0 Å². The van der Waals surface area contributed by atoms with E-state index in [-0.39, 0.29) is 0 Å². The zero-order valence-corrected chi connectivity index (χ0v) is 46.0. The van der Waals surface area contributed by atoms with Crippen LogP contribution in [-0.4, -0.2) is 16.8 Å². The van der Waals surface area contributed by atoms with Gasteiger partial charge in [0.15, 0.2) is 37.2 Å². The lowest BCUT2D eigenvalue weighted by atomic mass is 10.1. The largest absolute Gasteiger partial charge is 0.205 e. The summed E-state index contributed by atoms with van der Waals surface area (Å²) in [4.78, 5) is 4.18. The van der Waals surface area contributed by atoms with Crippen molar-refractivity contribution in [2.75, 3.05) is 11.5 Å². The lowest BCUT2D eigenvalue weighted by Gasteiger charge is -2.16. The van der Waals surface area contributed by atoms with E-state index in [2.05, 4.69) is 120 Å². The lowest BCUT2D eigenvalue weighted by Crippen LogP contribution is -2.32. The molecule has 0 radical (unpaired) electrons. The highest BCUT2D eigenvalue weighted by atomic mass is 32.2. The van der Waals surface area contributed by atoms with Crippen molar-refractivity contribution in [2.45, 2.75) is 291 Å². The van der Waals surface area contributed by atoms with E-state index in [0.29, 0.717) is 5.25 Å². The van der Waals surface area contributed by atoms with Crippen LogP contribution in [-0.2, 0) is 19.6 Å². The molecule has 374 valence electrons. The first-order valence-electron chi connectivity index (χ1n) is 28.6. The molecule has 3 heterocycles. The molecule has 3 nitrogen and oxygen atoms in total. The molecule has 0 aromatic carbocycles. The van der Waals surface area contributed by atoms with E-state index in [1.807, 2.05) is 23.5 Å². The summed E-state index contributed by atoms with van der Waals surface area (Å²) in [5.74, 6) is 2.22. The van der Waals surface area contributed by atoms with Crippen LogP contribution in [0.15, 0.2) is 88.3 Å². The average molecular weight is 964 g/mol. The van der Waals surface area contributed by atoms with Crippen molar-refractivity contribution in [3.05, 3.63) is 73.6 Å². The van der Waals surface area contributed by atoms with E-state index >= 15 is 0 Å².